The first-order valence-corrected chi connectivity index (χ1v) is 6.84. The second kappa shape index (κ2) is 4.65. The van der Waals surface area contributed by atoms with Crippen molar-refractivity contribution in [3.8, 4) is 0 Å². The highest BCUT2D eigenvalue weighted by Crippen LogP contribution is 2.32. The largest absolute Gasteiger partial charge is 0.354 e. The van der Waals surface area contributed by atoms with Gasteiger partial charge in [-0.25, -0.2) is 4.98 Å². The molecule has 1 aromatic heterocycles. The molecule has 1 fully saturated rings. The number of aryl methyl sites for hydroxylation is 2. The molecule has 0 bridgehead atoms. The van der Waals surface area contributed by atoms with E-state index in [0.717, 1.165) is 25.6 Å². The molecule has 0 atom stereocenters. The summed E-state index contributed by atoms with van der Waals surface area (Å²) < 4.78 is 0. The molecule has 0 saturated heterocycles. The summed E-state index contributed by atoms with van der Waals surface area (Å²) >= 11 is 0. The standard InChI is InChI=1S/C14H21N3/c15-9-2-10-17(12-6-7-12)14-8-5-11-3-1-4-13(11)16-14/h5,8,12H,1-4,6-7,9-10,15H2. The smallest absolute Gasteiger partial charge is 0.129 e. The summed E-state index contributed by atoms with van der Waals surface area (Å²) in [6.07, 6.45) is 7.37. The predicted octanol–water partition coefficient (Wildman–Crippen LogP) is 1.89. The van der Waals surface area contributed by atoms with Gasteiger partial charge < -0.3 is 10.6 Å². The van der Waals surface area contributed by atoms with Crippen LogP contribution in [-0.2, 0) is 12.8 Å². The van der Waals surface area contributed by atoms with Crippen LogP contribution in [0.15, 0.2) is 12.1 Å². The van der Waals surface area contributed by atoms with E-state index in [9.17, 15) is 0 Å². The van der Waals surface area contributed by atoms with Crippen LogP contribution in [0, 0.1) is 0 Å². The number of fused-ring (bicyclic) bond motifs is 1. The van der Waals surface area contributed by atoms with Crippen LogP contribution >= 0.6 is 0 Å². The van der Waals surface area contributed by atoms with E-state index in [-0.39, 0.29) is 0 Å². The molecule has 0 spiro atoms. The molecule has 3 nitrogen and oxygen atoms in total. The van der Waals surface area contributed by atoms with Crippen molar-refractivity contribution < 1.29 is 0 Å². The van der Waals surface area contributed by atoms with E-state index in [1.807, 2.05) is 0 Å². The van der Waals surface area contributed by atoms with Crippen molar-refractivity contribution in [2.75, 3.05) is 18.0 Å². The lowest BCUT2D eigenvalue weighted by atomic mass is 10.2. The minimum absolute atomic E-state index is 0.730. The molecular formula is C14H21N3. The average Bonchev–Trinajstić information content (AvgIpc) is 3.07. The maximum absolute atomic E-state index is 5.62. The van der Waals surface area contributed by atoms with Crippen LogP contribution in [0.1, 0.15) is 36.9 Å². The Labute approximate surface area is 103 Å². The molecule has 1 aromatic rings. The summed E-state index contributed by atoms with van der Waals surface area (Å²) in [5.74, 6) is 1.18. The van der Waals surface area contributed by atoms with Gasteiger partial charge in [0.25, 0.3) is 0 Å². The average molecular weight is 231 g/mol. The fraction of sp³-hybridized carbons (Fsp3) is 0.643. The lowest BCUT2D eigenvalue weighted by Crippen LogP contribution is -2.29. The zero-order chi connectivity index (χ0) is 11.7. The van der Waals surface area contributed by atoms with Gasteiger partial charge in [-0.05, 0) is 56.7 Å². The van der Waals surface area contributed by atoms with Gasteiger partial charge in [-0.15, -0.1) is 0 Å². The molecule has 0 aromatic carbocycles. The molecule has 1 heterocycles. The summed E-state index contributed by atoms with van der Waals surface area (Å²) in [6.45, 7) is 1.83. The Balaban J connectivity index is 1.80. The molecule has 0 radical (unpaired) electrons. The van der Waals surface area contributed by atoms with E-state index < -0.39 is 0 Å². The molecule has 17 heavy (non-hydrogen) atoms. The summed E-state index contributed by atoms with van der Waals surface area (Å²) in [6, 6.07) is 5.22. The monoisotopic (exact) mass is 231 g/mol. The zero-order valence-corrected chi connectivity index (χ0v) is 10.4. The molecule has 3 heteroatoms. The number of hydrogen-bond donors (Lipinski definition) is 1. The van der Waals surface area contributed by atoms with Gasteiger partial charge >= 0.3 is 0 Å². The van der Waals surface area contributed by atoms with E-state index in [1.54, 1.807) is 0 Å². The van der Waals surface area contributed by atoms with Gasteiger partial charge in [-0.1, -0.05) is 6.07 Å². The first-order chi connectivity index (χ1) is 8.38. The van der Waals surface area contributed by atoms with E-state index in [4.69, 9.17) is 10.7 Å². The van der Waals surface area contributed by atoms with Crippen LogP contribution < -0.4 is 10.6 Å². The van der Waals surface area contributed by atoms with Crippen molar-refractivity contribution in [3.63, 3.8) is 0 Å². The van der Waals surface area contributed by atoms with Crippen molar-refractivity contribution in [3.05, 3.63) is 23.4 Å². The van der Waals surface area contributed by atoms with Crippen LogP contribution in [-0.4, -0.2) is 24.1 Å². The quantitative estimate of drug-likeness (QED) is 0.841. The van der Waals surface area contributed by atoms with Crippen molar-refractivity contribution in [1.29, 1.82) is 0 Å². The minimum Gasteiger partial charge on any atom is -0.354 e. The summed E-state index contributed by atoms with van der Waals surface area (Å²) in [7, 11) is 0. The second-order valence-electron chi connectivity index (χ2n) is 5.20. The predicted molar refractivity (Wildman–Crippen MR) is 70.3 cm³/mol. The van der Waals surface area contributed by atoms with E-state index in [1.165, 1.54) is 49.2 Å². The molecule has 0 aliphatic heterocycles. The Hall–Kier alpha value is -1.09. The molecule has 1 saturated carbocycles. The fourth-order valence-corrected chi connectivity index (χ4v) is 2.70. The molecule has 0 amide bonds. The summed E-state index contributed by atoms with van der Waals surface area (Å²) in [4.78, 5) is 7.32. The van der Waals surface area contributed by atoms with Crippen LogP contribution in [0.3, 0.4) is 0 Å². The number of nitrogens with two attached hydrogens (primary N) is 1. The molecule has 2 aliphatic rings. The number of hydrogen-bond acceptors (Lipinski definition) is 3. The maximum Gasteiger partial charge on any atom is 0.129 e. The number of rotatable bonds is 5. The Kier molecular flexibility index (Phi) is 3.02. The Morgan fingerprint density at radius 1 is 1.29 bits per heavy atom. The van der Waals surface area contributed by atoms with Crippen molar-refractivity contribution in [2.24, 2.45) is 5.73 Å². The Morgan fingerprint density at radius 3 is 2.94 bits per heavy atom. The normalized spacial score (nSPS) is 18.2. The van der Waals surface area contributed by atoms with Crippen molar-refractivity contribution >= 4 is 5.82 Å². The van der Waals surface area contributed by atoms with Gasteiger partial charge in [0, 0.05) is 18.3 Å². The van der Waals surface area contributed by atoms with E-state index in [0.29, 0.717) is 0 Å². The molecule has 2 aliphatic carbocycles. The van der Waals surface area contributed by atoms with Gasteiger partial charge in [-0.2, -0.15) is 0 Å². The number of anilines is 1. The molecular weight excluding hydrogens is 210 g/mol. The first kappa shape index (κ1) is 11.0. The lowest BCUT2D eigenvalue weighted by Gasteiger charge is -2.23. The second-order valence-corrected chi connectivity index (χ2v) is 5.20. The van der Waals surface area contributed by atoms with Crippen LogP contribution in [0.4, 0.5) is 5.82 Å². The fourth-order valence-electron chi connectivity index (χ4n) is 2.70. The third kappa shape index (κ3) is 2.29. The van der Waals surface area contributed by atoms with E-state index in [2.05, 4.69) is 17.0 Å². The van der Waals surface area contributed by atoms with Gasteiger partial charge in [0.15, 0.2) is 0 Å². The summed E-state index contributed by atoms with van der Waals surface area (Å²) in [5.41, 5.74) is 8.41. The van der Waals surface area contributed by atoms with Crippen LogP contribution in [0.25, 0.3) is 0 Å². The highest BCUT2D eigenvalue weighted by Gasteiger charge is 2.30. The minimum atomic E-state index is 0.730. The highest BCUT2D eigenvalue weighted by molar-refractivity contribution is 5.45. The molecule has 0 unspecified atom stereocenters. The summed E-state index contributed by atoms with van der Waals surface area (Å²) in [5, 5.41) is 0. The van der Waals surface area contributed by atoms with Gasteiger partial charge in [-0.3, -0.25) is 0 Å². The van der Waals surface area contributed by atoms with Gasteiger partial charge in [0.05, 0.1) is 0 Å². The molecule has 92 valence electrons. The lowest BCUT2D eigenvalue weighted by molar-refractivity contribution is 0.720. The number of aromatic nitrogens is 1. The van der Waals surface area contributed by atoms with Crippen molar-refractivity contribution in [1.82, 2.24) is 4.98 Å². The zero-order valence-electron chi connectivity index (χ0n) is 10.4. The highest BCUT2D eigenvalue weighted by atomic mass is 15.2. The topological polar surface area (TPSA) is 42.1 Å². The molecule has 3 rings (SSSR count). The van der Waals surface area contributed by atoms with Crippen molar-refractivity contribution in [2.45, 2.75) is 44.6 Å². The van der Waals surface area contributed by atoms with Gasteiger partial charge in [0.2, 0.25) is 0 Å². The third-order valence-electron chi connectivity index (χ3n) is 3.80. The Morgan fingerprint density at radius 2 is 2.18 bits per heavy atom. The van der Waals surface area contributed by atoms with Gasteiger partial charge in [0.1, 0.15) is 5.82 Å². The number of pyridine rings is 1. The number of nitrogens with zero attached hydrogens (tertiary/aromatic N) is 2. The SMILES string of the molecule is NCCCN(c1ccc2c(n1)CCC2)C1CC1. The van der Waals surface area contributed by atoms with Crippen LogP contribution in [0.2, 0.25) is 0 Å². The molecule has 2 N–H and O–H groups in total. The first-order valence-electron chi connectivity index (χ1n) is 6.84. The Bertz CT molecular complexity index is 398. The van der Waals surface area contributed by atoms with Crippen LogP contribution in [0.5, 0.6) is 0 Å². The van der Waals surface area contributed by atoms with E-state index >= 15 is 0 Å². The maximum atomic E-state index is 5.62. The third-order valence-corrected chi connectivity index (χ3v) is 3.80.